The van der Waals surface area contributed by atoms with Crippen LogP contribution >= 0.6 is 56.7 Å². The minimum atomic E-state index is -5.13. The van der Waals surface area contributed by atoms with E-state index in [2.05, 4.69) is 252 Å². The molecule has 0 saturated heterocycles. The van der Waals surface area contributed by atoms with Gasteiger partial charge in [-0.3, -0.25) is 13.5 Å². The summed E-state index contributed by atoms with van der Waals surface area (Å²) in [6, 6.07) is 1.99. The Kier molecular flexibility index (Phi) is 120. The van der Waals surface area contributed by atoms with Gasteiger partial charge in [-0.1, -0.05) is 27.7 Å². The number of carbonyl (C=O) groups is 6. The molecule has 38 nitrogen and oxygen atoms in total. The van der Waals surface area contributed by atoms with E-state index in [0.717, 1.165) is 31.7 Å². The third-order valence-electron chi connectivity index (χ3n) is 11.7. The molecule has 0 aromatic heterocycles. The number of nitrogens with zero attached hydrogens (tertiary/aromatic N) is 7. The minimum absolute atomic E-state index is 0.00579. The van der Waals surface area contributed by atoms with Crippen molar-refractivity contribution in [3.8, 4) is 0 Å². The Morgan fingerprint density at radius 2 is 0.855 bits per heavy atom. The molecule has 0 bridgehead atoms. The average Bonchev–Trinajstić information content (AvgIpc) is 0.879. The fraction of sp³-hybridized carbons (Fsp3) is 0.875. The first-order chi connectivity index (χ1) is 57.9. The normalized spacial score (nSPS) is 11.4. The first-order valence-corrected chi connectivity index (χ1v) is 52.4. The van der Waals surface area contributed by atoms with E-state index in [1.165, 1.54) is 51.3 Å². The molecule has 0 saturated carbocycles. The van der Waals surface area contributed by atoms with Crippen molar-refractivity contribution in [2.75, 3.05) is 139 Å². The third-order valence-corrected chi connectivity index (χ3v) is 16.4. The Morgan fingerprint density at radius 1 is 0.496 bits per heavy atom. The molecular formula is C80H178N11O27PS8Se4-6. The summed E-state index contributed by atoms with van der Waals surface area (Å²) in [6.07, 6.45) is -1.62. The van der Waals surface area contributed by atoms with Crippen molar-refractivity contribution in [2.45, 2.75) is 319 Å². The number of ether oxygens (including phenoxy) is 6. The van der Waals surface area contributed by atoms with Crippen molar-refractivity contribution in [2.24, 2.45) is 11.8 Å². The number of carbonyl (C=O) groups excluding carboxylic acids is 6. The summed E-state index contributed by atoms with van der Waals surface area (Å²) < 4.78 is 112. The van der Waals surface area contributed by atoms with E-state index >= 15 is 0 Å². The number of rotatable bonds is 25. The Hall–Kier alpha value is -2.42. The summed E-state index contributed by atoms with van der Waals surface area (Å²) in [4.78, 5) is 85.2. The number of quaternary nitrogens is 3. The Labute approximate surface area is 858 Å². The smallest absolute Gasteiger partial charge is 0.102 e. The average molecular weight is 2330 g/mol. The molecule has 0 radical (unpaired) electrons. The fourth-order valence-electron chi connectivity index (χ4n) is 5.98. The van der Waals surface area contributed by atoms with E-state index in [1.54, 1.807) is 60.8 Å². The van der Waals surface area contributed by atoms with Gasteiger partial charge in [0.2, 0.25) is 10.4 Å². The number of urea groups is 1. The summed E-state index contributed by atoms with van der Waals surface area (Å²) in [5.41, 5.74) is 0. The number of aliphatic hydroxyl groups is 3. The van der Waals surface area contributed by atoms with E-state index in [4.69, 9.17) is 58.5 Å². The van der Waals surface area contributed by atoms with Gasteiger partial charge < -0.3 is 157 Å². The summed E-state index contributed by atoms with van der Waals surface area (Å²) in [6.45, 7) is 61.7. The monoisotopic (exact) mass is 2330 g/mol. The van der Waals surface area contributed by atoms with E-state index in [0.29, 0.717) is 39.1 Å². The van der Waals surface area contributed by atoms with Gasteiger partial charge in [-0.15, -0.1) is 0 Å². The van der Waals surface area contributed by atoms with E-state index in [1.807, 2.05) is 144 Å². The molecule has 5 amide bonds. The van der Waals surface area contributed by atoms with Crippen LogP contribution in [-0.2, 0) is 101 Å². The number of likely N-dealkylation sites (N-methyl/N-ethyl adjacent to an activating group) is 3. The summed E-state index contributed by atoms with van der Waals surface area (Å²) in [5, 5.41) is 38.4. The number of hydrogen-bond acceptors (Lipinski definition) is 33. The van der Waals surface area contributed by atoms with Gasteiger partial charge in [-0.05, 0) is 169 Å². The summed E-state index contributed by atoms with van der Waals surface area (Å²) in [5.74, 6) is 0.919. The SMILES string of the molecule is CC(C)C(CO)[N+](C)(C)C.CC(C)C(O)C[N+](C)(C)C.CC(C)NC(=O)N(C)C.CC(C)NC(=O)[S-].CC(C)NC(=O)[Se-].CC(C)NC(=S)N(C)C.CC(C)OC(=O)N(C)C.CC(C)OC(=O)[S-].CC(C)OC(=O)[Se-].CC(C)OC(=S)N(C)C.CC(C)OC(=S)[S-].CC(C)OC(=S)[Se-].CC(C)OP(=O)([O-])O.CC(C)OS(=O)(=O)[O-].CC(C)O[Se](=O)(=O)[O-].CC(C)[N+](C)(C)CCO. The molecule has 8 N–H and O–H groups in total. The molecule has 51 heteroatoms. The maximum Gasteiger partial charge on any atom is 0.102 e. The van der Waals surface area contributed by atoms with Gasteiger partial charge >= 0.3 is 219 Å². The molecule has 0 aliphatic heterocycles. The topological polar surface area (TPSA) is 482 Å². The molecule has 0 fully saturated rings. The number of hydrogen-bond donors (Lipinski definition) is 8. The van der Waals surface area contributed by atoms with Crippen molar-refractivity contribution in [1.82, 2.24) is 40.9 Å². The molecule has 0 aliphatic rings. The molecule has 0 spiro atoms. The zero-order chi connectivity index (χ0) is 109. The molecule has 0 rings (SSSR count). The Bertz CT molecular complexity index is 2830. The van der Waals surface area contributed by atoms with Crippen LogP contribution in [0.5, 0.6) is 0 Å². The second-order valence-electron chi connectivity index (χ2n) is 34.9. The van der Waals surface area contributed by atoms with Gasteiger partial charge in [0.1, 0.15) is 25.2 Å². The zero-order valence-corrected chi connectivity index (χ0v) is 102. The third kappa shape index (κ3) is 203. The van der Waals surface area contributed by atoms with Crippen LogP contribution in [0.3, 0.4) is 0 Å². The Morgan fingerprint density at radius 3 is 0.901 bits per heavy atom. The Balaban J connectivity index is -0.0000000770. The van der Waals surface area contributed by atoms with Crippen molar-refractivity contribution >= 4 is 217 Å². The molecule has 0 aromatic carbocycles. The minimum Gasteiger partial charge on any atom is -0.391 e. The number of phosphoric acid groups is 1. The van der Waals surface area contributed by atoms with Crippen molar-refractivity contribution in [3.63, 3.8) is 0 Å². The van der Waals surface area contributed by atoms with Crippen LogP contribution in [0.15, 0.2) is 0 Å². The molecule has 131 heavy (non-hydrogen) atoms. The first kappa shape index (κ1) is 165. The number of phosphoric ester groups is 1. The predicted molar refractivity (Wildman–Crippen MR) is 549 cm³/mol. The van der Waals surface area contributed by atoms with Crippen LogP contribution in [0.25, 0.3) is 0 Å². The standard InChI is InChI=1S/2C8H20NO.C7H18NO.C6H14N2O.C6H14N2S.C6H13NO2.C6H13NOS.C4H9NOS.C4H9NOSe.C4H8O2S.C4H8O2Se.C4H8OS2.C4H8OSSe.C3H9O4P.C3H8O4S.C3H8O4Se/c1-7(2)8(6-10)9(3,4)5;1-7(2)8(10)6-9(3,4)5;1-7(2)8(3,4)5-6-9;2*1-5(2)7-6(9)8(3)4;1-5(2)9-6(8)7(3)4;1-5(2)8-6(9)7(3)4;2*1-3(2)5-4(6)7;2*1-3(2)6-4(5)7;2*1-3(2)5-4(6)7;3*1-3(2)7-8(4,5)6/h2*7-8,10H,6H2,1-5H3;7,9H,5-6H2,1-4H3;2*5H,1-4H3,(H,7,9);2*5H,1-4H3;2*3H,1-2H3,(H2,5,6,7);2*3H,1-2H3,(H,5,7);2*3H,1-2H3,(H,6,7);3H,1-2H3,(H2,4,5,6);2*3H,1-2H3,(H,4,5,6)/q3*+1;;;;;;;;;;;;;/p-9. The van der Waals surface area contributed by atoms with Crippen LogP contribution < -0.4 is 30.3 Å². The number of nitrogens with one attached hydrogen (secondary N) is 4. The van der Waals surface area contributed by atoms with Gasteiger partial charge in [0.25, 0.3) is 13.0 Å². The molecule has 3 atom stereocenters. The molecule has 0 aliphatic carbocycles. The zero-order valence-electron chi connectivity index (χ0n) is 87.9. The van der Waals surface area contributed by atoms with E-state index in [-0.39, 0.29) is 105 Å². The van der Waals surface area contributed by atoms with Gasteiger partial charge in [-0.25, -0.2) is 18.0 Å². The predicted octanol–water partition coefficient (Wildman–Crippen LogP) is 9.35. The van der Waals surface area contributed by atoms with E-state index < -0.39 is 55.2 Å². The molecule has 0 aromatic rings. The fourth-order valence-corrected chi connectivity index (χ4v) is 10.7. The van der Waals surface area contributed by atoms with Crippen LogP contribution in [0.2, 0.25) is 0 Å². The molecule has 0 heterocycles. The van der Waals surface area contributed by atoms with Gasteiger partial charge in [0.05, 0.1) is 117 Å². The number of thiocarbonyl (C=S) groups is 4. The van der Waals surface area contributed by atoms with Crippen LogP contribution in [0, 0.1) is 11.8 Å². The largest absolute Gasteiger partial charge is 0.391 e. The number of amides is 5. The van der Waals surface area contributed by atoms with Crippen molar-refractivity contribution in [3.05, 3.63) is 0 Å². The van der Waals surface area contributed by atoms with Crippen LogP contribution in [-0.4, -0.2) is 415 Å². The van der Waals surface area contributed by atoms with Crippen molar-refractivity contribution < 1.29 is 138 Å². The van der Waals surface area contributed by atoms with Gasteiger partial charge in [0, 0.05) is 84.8 Å². The maximum absolute atomic E-state index is 10.8. The van der Waals surface area contributed by atoms with E-state index in [9.17, 15) is 68.2 Å². The summed E-state index contributed by atoms with van der Waals surface area (Å²) >= 11 is 33.6. The first-order valence-electron chi connectivity index (χ1n) is 41.4. The maximum atomic E-state index is 10.8. The summed E-state index contributed by atoms with van der Waals surface area (Å²) in [7, 11) is 22.3. The van der Waals surface area contributed by atoms with Crippen LogP contribution in [0.4, 0.5) is 28.8 Å². The molecule has 3 unspecified atom stereocenters. The molecule has 798 valence electrons. The molecular weight excluding hydrogens is 2150 g/mol. The number of aliphatic hydroxyl groups excluding tert-OH is 3. The van der Waals surface area contributed by atoms with Crippen LogP contribution in [0.1, 0.15) is 222 Å². The quantitative estimate of drug-likeness (QED) is 0.00485. The van der Waals surface area contributed by atoms with Crippen molar-refractivity contribution in [1.29, 1.82) is 0 Å². The second-order valence-corrected chi connectivity index (χ2v) is 44.9. The van der Waals surface area contributed by atoms with Gasteiger partial charge in [0.15, 0.2) is 10.4 Å². The van der Waals surface area contributed by atoms with Gasteiger partial charge in [-0.2, -0.15) is 0 Å². The second kappa shape index (κ2) is 95.1.